The van der Waals surface area contributed by atoms with Gasteiger partial charge in [0.2, 0.25) is 5.91 Å². The van der Waals surface area contributed by atoms with Crippen LogP contribution in [0.5, 0.6) is 0 Å². The molecule has 1 N–H and O–H groups in total. The van der Waals surface area contributed by atoms with Gasteiger partial charge in [0, 0.05) is 43.5 Å². The van der Waals surface area contributed by atoms with Gasteiger partial charge in [-0.1, -0.05) is 27.2 Å². The maximum atomic E-state index is 12.9. The summed E-state index contributed by atoms with van der Waals surface area (Å²) in [6.45, 7) is 9.28. The van der Waals surface area contributed by atoms with Crippen molar-refractivity contribution in [2.24, 2.45) is 5.41 Å². The van der Waals surface area contributed by atoms with Gasteiger partial charge in [0.15, 0.2) is 0 Å². The van der Waals surface area contributed by atoms with Gasteiger partial charge in [-0.25, -0.2) is 9.97 Å². The number of imidazole rings is 1. The van der Waals surface area contributed by atoms with Crippen molar-refractivity contribution in [3.8, 4) is 0 Å². The summed E-state index contributed by atoms with van der Waals surface area (Å²) < 4.78 is 2.13. The molecule has 1 unspecified atom stereocenters. The van der Waals surface area contributed by atoms with E-state index < -0.39 is 0 Å². The summed E-state index contributed by atoms with van der Waals surface area (Å²) in [6.07, 6.45) is 9.36. The predicted molar refractivity (Wildman–Crippen MR) is 107 cm³/mol. The molecule has 0 aliphatic carbocycles. The maximum Gasteiger partial charge on any atom is 0.272 e. The topological polar surface area (TPSA) is 93.0 Å². The van der Waals surface area contributed by atoms with E-state index in [0.717, 1.165) is 30.8 Å². The number of carbonyl (C=O) groups is 2. The van der Waals surface area contributed by atoms with Gasteiger partial charge in [-0.3, -0.25) is 14.6 Å². The van der Waals surface area contributed by atoms with E-state index in [4.69, 9.17) is 0 Å². The number of hydrogen-bond acceptors (Lipinski definition) is 5. The van der Waals surface area contributed by atoms with Gasteiger partial charge >= 0.3 is 0 Å². The molecule has 2 amide bonds. The highest BCUT2D eigenvalue weighted by Crippen LogP contribution is 2.45. The highest BCUT2D eigenvalue weighted by Gasteiger charge is 2.55. The van der Waals surface area contributed by atoms with Crippen molar-refractivity contribution >= 4 is 11.8 Å². The summed E-state index contributed by atoms with van der Waals surface area (Å²) in [5.74, 6) is 0.776. The Morgan fingerprint density at radius 3 is 2.66 bits per heavy atom. The largest absolute Gasteiger partial charge is 0.341 e. The molecule has 1 saturated heterocycles. The van der Waals surface area contributed by atoms with Crippen molar-refractivity contribution in [2.75, 3.05) is 13.1 Å². The summed E-state index contributed by atoms with van der Waals surface area (Å²) in [5, 5.41) is 3.05. The van der Waals surface area contributed by atoms with Crippen molar-refractivity contribution in [3.63, 3.8) is 0 Å². The average Bonchev–Trinajstić information content (AvgIpc) is 3.23. The first-order valence-corrected chi connectivity index (χ1v) is 10.2. The molecule has 0 bridgehead atoms. The number of amides is 2. The Labute approximate surface area is 170 Å². The van der Waals surface area contributed by atoms with E-state index in [1.54, 1.807) is 12.4 Å². The van der Waals surface area contributed by atoms with E-state index >= 15 is 0 Å². The van der Waals surface area contributed by atoms with Crippen LogP contribution < -0.4 is 5.32 Å². The zero-order valence-electron chi connectivity index (χ0n) is 17.5. The lowest BCUT2D eigenvalue weighted by Crippen LogP contribution is -2.65. The average molecular weight is 396 g/mol. The molecule has 8 heteroatoms. The number of carbonyl (C=O) groups excluding carboxylic acids is 2. The number of rotatable bonds is 5. The van der Waals surface area contributed by atoms with Gasteiger partial charge < -0.3 is 14.8 Å². The fourth-order valence-electron chi connectivity index (χ4n) is 4.65. The fraction of sp³-hybridized carbons (Fsp3) is 0.571. The summed E-state index contributed by atoms with van der Waals surface area (Å²) in [7, 11) is 0. The van der Waals surface area contributed by atoms with Gasteiger partial charge in [0.1, 0.15) is 11.5 Å². The van der Waals surface area contributed by atoms with Crippen LogP contribution in [-0.2, 0) is 10.3 Å². The SMILES string of the molecule is CCCC(C)(C)C(=O)N1CC2(CC(NC(=O)c3cnc(C)cn3)c3nccn32)C1. The Hall–Kier alpha value is -2.77. The molecular formula is C21H28N6O2. The molecule has 154 valence electrons. The predicted octanol–water partition coefficient (Wildman–Crippen LogP) is 2.22. The smallest absolute Gasteiger partial charge is 0.272 e. The first-order valence-electron chi connectivity index (χ1n) is 10.2. The monoisotopic (exact) mass is 396 g/mol. The molecule has 2 aliphatic heterocycles. The Kier molecular flexibility index (Phi) is 4.67. The highest BCUT2D eigenvalue weighted by molar-refractivity contribution is 5.92. The van der Waals surface area contributed by atoms with Crippen LogP contribution in [0.25, 0.3) is 0 Å². The third-order valence-electron chi connectivity index (χ3n) is 6.11. The first kappa shape index (κ1) is 19.5. The molecule has 0 radical (unpaired) electrons. The molecule has 0 saturated carbocycles. The quantitative estimate of drug-likeness (QED) is 0.836. The molecule has 2 aromatic rings. The van der Waals surface area contributed by atoms with Gasteiger partial charge in [-0.15, -0.1) is 0 Å². The molecule has 29 heavy (non-hydrogen) atoms. The zero-order chi connectivity index (χ0) is 20.8. The molecule has 1 atom stereocenters. The summed E-state index contributed by atoms with van der Waals surface area (Å²) in [5.41, 5.74) is 0.522. The molecular weight excluding hydrogens is 368 g/mol. The van der Waals surface area contributed by atoms with Gasteiger partial charge in [-0.05, 0) is 13.3 Å². The molecule has 4 heterocycles. The van der Waals surface area contributed by atoms with Gasteiger partial charge in [0.25, 0.3) is 5.91 Å². The molecule has 2 aliphatic rings. The number of fused-ring (bicyclic) bond motifs is 2. The lowest BCUT2D eigenvalue weighted by atomic mass is 9.80. The van der Waals surface area contributed by atoms with Crippen molar-refractivity contribution in [3.05, 3.63) is 42.0 Å². The van der Waals surface area contributed by atoms with E-state index in [9.17, 15) is 9.59 Å². The van der Waals surface area contributed by atoms with Crippen molar-refractivity contribution in [2.45, 2.75) is 58.5 Å². The maximum absolute atomic E-state index is 12.9. The van der Waals surface area contributed by atoms with E-state index in [2.05, 4.69) is 31.8 Å². The molecule has 1 fully saturated rings. The van der Waals surface area contributed by atoms with E-state index in [0.29, 0.717) is 18.8 Å². The molecule has 8 nitrogen and oxygen atoms in total. The van der Waals surface area contributed by atoms with Crippen LogP contribution in [0.15, 0.2) is 24.8 Å². The van der Waals surface area contributed by atoms with E-state index in [1.165, 1.54) is 6.20 Å². The van der Waals surface area contributed by atoms with Crippen LogP contribution in [0, 0.1) is 12.3 Å². The molecule has 2 aromatic heterocycles. The minimum atomic E-state index is -0.343. The third kappa shape index (κ3) is 3.30. The minimum Gasteiger partial charge on any atom is -0.341 e. The van der Waals surface area contributed by atoms with Crippen LogP contribution in [0.4, 0.5) is 0 Å². The van der Waals surface area contributed by atoms with Crippen LogP contribution >= 0.6 is 0 Å². The summed E-state index contributed by atoms with van der Waals surface area (Å²) in [6, 6.07) is -0.207. The van der Waals surface area contributed by atoms with Crippen LogP contribution in [0.2, 0.25) is 0 Å². The summed E-state index contributed by atoms with van der Waals surface area (Å²) in [4.78, 5) is 40.3. The van der Waals surface area contributed by atoms with Gasteiger partial charge in [-0.2, -0.15) is 0 Å². The number of aryl methyl sites for hydroxylation is 1. The Bertz CT molecular complexity index is 927. The van der Waals surface area contributed by atoms with Crippen LogP contribution in [0.1, 0.15) is 68.1 Å². The number of aromatic nitrogens is 4. The standard InChI is InChI=1S/C21H28N6O2/c1-5-6-20(3,4)19(29)26-12-21(13-26)9-15(17-22-7-8-27(17)21)25-18(28)16-11-23-14(2)10-24-16/h7-8,10-11,15H,5-6,9,12-13H2,1-4H3,(H,25,28). The zero-order valence-corrected chi connectivity index (χ0v) is 17.5. The van der Waals surface area contributed by atoms with Crippen molar-refractivity contribution < 1.29 is 9.59 Å². The second-order valence-electron chi connectivity index (χ2n) is 8.95. The number of nitrogens with zero attached hydrogens (tertiary/aromatic N) is 5. The van der Waals surface area contributed by atoms with E-state index in [1.807, 2.05) is 31.9 Å². The second kappa shape index (κ2) is 6.93. The Balaban J connectivity index is 1.47. The van der Waals surface area contributed by atoms with E-state index in [-0.39, 0.29) is 28.8 Å². The Morgan fingerprint density at radius 2 is 2.00 bits per heavy atom. The number of hydrogen-bond donors (Lipinski definition) is 1. The van der Waals surface area contributed by atoms with Gasteiger partial charge in [0.05, 0.1) is 23.5 Å². The summed E-state index contributed by atoms with van der Waals surface area (Å²) >= 11 is 0. The normalized spacial score (nSPS) is 19.7. The van der Waals surface area contributed by atoms with Crippen LogP contribution in [-0.4, -0.2) is 49.3 Å². The fourth-order valence-corrected chi connectivity index (χ4v) is 4.65. The first-order chi connectivity index (χ1) is 13.8. The number of nitrogens with one attached hydrogen (secondary N) is 1. The lowest BCUT2D eigenvalue weighted by molar-refractivity contribution is -0.152. The number of likely N-dealkylation sites (tertiary alicyclic amines) is 1. The van der Waals surface area contributed by atoms with Crippen LogP contribution in [0.3, 0.4) is 0 Å². The third-order valence-corrected chi connectivity index (χ3v) is 6.11. The molecule has 0 aromatic carbocycles. The molecule has 1 spiro atoms. The Morgan fingerprint density at radius 1 is 1.24 bits per heavy atom. The molecule has 4 rings (SSSR count). The second-order valence-corrected chi connectivity index (χ2v) is 8.95. The van der Waals surface area contributed by atoms with Crippen molar-refractivity contribution in [1.82, 2.24) is 29.7 Å². The van der Waals surface area contributed by atoms with Crippen molar-refractivity contribution in [1.29, 1.82) is 0 Å². The lowest BCUT2D eigenvalue weighted by Gasteiger charge is -2.51. The highest BCUT2D eigenvalue weighted by atomic mass is 16.2. The minimum absolute atomic E-state index is 0.194.